The first kappa shape index (κ1) is 23.1. The summed E-state index contributed by atoms with van der Waals surface area (Å²) < 4.78 is 25.5. The third-order valence-corrected chi connectivity index (χ3v) is 6.88. The van der Waals surface area contributed by atoms with Crippen LogP contribution in [0.25, 0.3) is 11.1 Å². The van der Waals surface area contributed by atoms with E-state index in [1.165, 1.54) is 12.1 Å². The molecule has 3 atom stereocenters. The molecule has 0 bridgehead atoms. The molecule has 164 valence electrons. The van der Waals surface area contributed by atoms with E-state index < -0.39 is 31.1 Å². The Bertz CT molecular complexity index is 1070. The number of aliphatic hydroxyl groups excluding tert-OH is 1. The van der Waals surface area contributed by atoms with Crippen LogP contribution in [-0.4, -0.2) is 37.3 Å². The molecule has 1 aromatic heterocycles. The fourth-order valence-electron chi connectivity index (χ4n) is 3.40. The smallest absolute Gasteiger partial charge is 0.334 e. The van der Waals surface area contributed by atoms with Crippen molar-refractivity contribution in [1.82, 2.24) is 4.98 Å². The zero-order valence-corrected chi connectivity index (χ0v) is 18.5. The summed E-state index contributed by atoms with van der Waals surface area (Å²) in [7, 11) is -3.77. The Morgan fingerprint density at radius 3 is 2.32 bits per heavy atom. The molecule has 0 spiro atoms. The summed E-state index contributed by atoms with van der Waals surface area (Å²) in [6, 6.07) is 7.72. The third kappa shape index (κ3) is 4.57. The van der Waals surface area contributed by atoms with Crippen molar-refractivity contribution in [1.29, 1.82) is 0 Å². The number of hydrogen-bond acceptors (Lipinski definition) is 4. The quantitative estimate of drug-likeness (QED) is 0.460. The average Bonchev–Trinajstić information content (AvgIpc) is 3.53. The molecule has 1 aliphatic rings. The van der Waals surface area contributed by atoms with Crippen LogP contribution in [-0.2, 0) is 9.36 Å². The molecule has 0 radical (unpaired) electrons. The van der Waals surface area contributed by atoms with Crippen LogP contribution in [0.1, 0.15) is 62.4 Å². The Morgan fingerprint density at radius 2 is 1.87 bits per heavy atom. The van der Waals surface area contributed by atoms with Gasteiger partial charge in [0.25, 0.3) is 0 Å². The van der Waals surface area contributed by atoms with E-state index in [2.05, 4.69) is 11.8 Å². The standard InChI is InChI=1S/C23H25FNO5P/c1-13(2)21-18(10-11-23(14(3)26,22(27)28)31(29)30)19(12-20(25-21)16-4-5-16)15-6-8-17(24)9-7-15/h6-9,12-14,16,26,31H,4-5H2,1-3H3,(H,27,28)(H,29,30). The van der Waals surface area contributed by atoms with Crippen LogP contribution < -0.4 is 0 Å². The van der Waals surface area contributed by atoms with E-state index in [9.17, 15) is 28.9 Å². The average molecular weight is 445 g/mol. The molecular formula is C23H25FNO5P. The first-order valence-electron chi connectivity index (χ1n) is 10.1. The molecule has 0 aliphatic heterocycles. The van der Waals surface area contributed by atoms with Gasteiger partial charge in [-0.05, 0) is 49.4 Å². The Balaban J connectivity index is 2.31. The number of nitrogens with zero attached hydrogens (tertiary/aromatic N) is 1. The van der Waals surface area contributed by atoms with Crippen molar-refractivity contribution < 1.29 is 28.9 Å². The van der Waals surface area contributed by atoms with Crippen LogP contribution in [0.3, 0.4) is 0 Å². The first-order chi connectivity index (χ1) is 14.6. The van der Waals surface area contributed by atoms with E-state index >= 15 is 0 Å². The van der Waals surface area contributed by atoms with Crippen LogP contribution >= 0.6 is 8.03 Å². The molecule has 6 nitrogen and oxygen atoms in total. The van der Waals surface area contributed by atoms with Gasteiger partial charge in [-0.15, -0.1) is 0 Å². The molecule has 1 heterocycles. The highest BCUT2D eigenvalue weighted by atomic mass is 31.1. The lowest BCUT2D eigenvalue weighted by Gasteiger charge is -2.23. The summed E-state index contributed by atoms with van der Waals surface area (Å²) in [4.78, 5) is 26.3. The third-order valence-electron chi connectivity index (χ3n) is 5.45. The van der Waals surface area contributed by atoms with Gasteiger partial charge in [-0.1, -0.05) is 37.8 Å². The van der Waals surface area contributed by atoms with E-state index in [-0.39, 0.29) is 5.92 Å². The number of benzene rings is 1. The second-order valence-corrected chi connectivity index (χ2v) is 9.53. The summed E-state index contributed by atoms with van der Waals surface area (Å²) in [6.07, 6.45) is 0.369. The lowest BCUT2D eigenvalue weighted by molar-refractivity contribution is -0.141. The van der Waals surface area contributed by atoms with Crippen LogP contribution in [0.5, 0.6) is 0 Å². The summed E-state index contributed by atoms with van der Waals surface area (Å²) >= 11 is 0. The van der Waals surface area contributed by atoms with Gasteiger partial charge < -0.3 is 15.1 Å². The molecule has 2 aromatic rings. The minimum atomic E-state index is -3.77. The summed E-state index contributed by atoms with van der Waals surface area (Å²) in [6.45, 7) is 4.97. The molecule has 1 fully saturated rings. The highest BCUT2D eigenvalue weighted by molar-refractivity contribution is 7.42. The van der Waals surface area contributed by atoms with Crippen molar-refractivity contribution >= 4 is 14.0 Å². The Hall–Kier alpha value is -2.52. The predicted octanol–water partition coefficient (Wildman–Crippen LogP) is 3.91. The predicted molar refractivity (Wildman–Crippen MR) is 116 cm³/mol. The van der Waals surface area contributed by atoms with Gasteiger partial charge in [0.05, 0.1) is 17.4 Å². The number of hydrogen-bond donors (Lipinski definition) is 3. The number of carboxylic acids is 1. The Morgan fingerprint density at radius 1 is 1.26 bits per heavy atom. The molecule has 1 aliphatic carbocycles. The SMILES string of the molecule is CC(C)c1nc(C2CC2)cc(-c2ccc(F)cc2)c1C#CC(C(=O)O)(C(C)O)[PH](=O)O. The fraction of sp³-hybridized carbons (Fsp3) is 0.391. The summed E-state index contributed by atoms with van der Waals surface area (Å²) in [5.74, 6) is 3.37. The van der Waals surface area contributed by atoms with E-state index in [4.69, 9.17) is 4.98 Å². The molecule has 0 saturated heterocycles. The van der Waals surface area contributed by atoms with Crippen molar-refractivity contribution in [2.24, 2.45) is 0 Å². The van der Waals surface area contributed by atoms with Crippen LogP contribution in [0.15, 0.2) is 30.3 Å². The highest BCUT2D eigenvalue weighted by Crippen LogP contribution is 2.43. The van der Waals surface area contributed by atoms with Crippen LogP contribution in [0, 0.1) is 17.7 Å². The number of aliphatic hydroxyl groups is 1. The Kier molecular flexibility index (Phi) is 6.66. The molecule has 3 rings (SSSR count). The van der Waals surface area contributed by atoms with E-state index in [1.54, 1.807) is 12.1 Å². The number of aromatic nitrogens is 1. The van der Waals surface area contributed by atoms with Gasteiger partial charge in [0.2, 0.25) is 13.2 Å². The number of carboxylic acid groups (broad SMARTS) is 1. The maximum absolute atomic E-state index is 13.5. The van der Waals surface area contributed by atoms with Crippen molar-refractivity contribution in [3.05, 3.63) is 53.1 Å². The van der Waals surface area contributed by atoms with Crippen LogP contribution in [0.2, 0.25) is 0 Å². The minimum Gasteiger partial charge on any atom is -0.480 e. The van der Waals surface area contributed by atoms with Gasteiger partial charge in [-0.2, -0.15) is 0 Å². The summed E-state index contributed by atoms with van der Waals surface area (Å²) in [5, 5.41) is 17.1. The minimum absolute atomic E-state index is 0.0702. The monoisotopic (exact) mass is 445 g/mol. The van der Waals surface area contributed by atoms with Crippen molar-refractivity contribution in [2.75, 3.05) is 0 Å². The fourth-order valence-corrected chi connectivity index (χ4v) is 4.11. The molecule has 3 unspecified atom stereocenters. The highest BCUT2D eigenvalue weighted by Gasteiger charge is 2.48. The number of halogens is 1. The van der Waals surface area contributed by atoms with Crippen molar-refractivity contribution in [3.8, 4) is 23.0 Å². The lowest BCUT2D eigenvalue weighted by atomic mass is 9.92. The Labute approximate surface area is 181 Å². The van der Waals surface area contributed by atoms with Gasteiger partial charge >= 0.3 is 5.97 Å². The van der Waals surface area contributed by atoms with Gasteiger partial charge in [0, 0.05) is 17.2 Å². The second kappa shape index (κ2) is 8.92. The molecule has 3 N–H and O–H groups in total. The molecule has 8 heteroatoms. The zero-order chi connectivity index (χ0) is 22.9. The van der Waals surface area contributed by atoms with Crippen molar-refractivity contribution in [2.45, 2.75) is 56.7 Å². The number of rotatable bonds is 6. The van der Waals surface area contributed by atoms with E-state index in [0.717, 1.165) is 25.5 Å². The zero-order valence-electron chi connectivity index (χ0n) is 17.5. The van der Waals surface area contributed by atoms with Crippen LogP contribution in [0.4, 0.5) is 4.39 Å². The number of aliphatic carboxylic acids is 1. The number of carbonyl (C=O) groups is 1. The first-order valence-corrected chi connectivity index (χ1v) is 11.4. The molecule has 0 amide bonds. The van der Waals surface area contributed by atoms with Gasteiger partial charge in [-0.25, -0.2) is 9.18 Å². The van der Waals surface area contributed by atoms with E-state index in [0.29, 0.717) is 28.3 Å². The lowest BCUT2D eigenvalue weighted by Crippen LogP contribution is -2.43. The normalized spacial score (nSPS) is 17.4. The largest absolute Gasteiger partial charge is 0.480 e. The molecular weight excluding hydrogens is 420 g/mol. The van der Waals surface area contributed by atoms with Gasteiger partial charge in [0.15, 0.2) is 0 Å². The van der Waals surface area contributed by atoms with E-state index in [1.807, 2.05) is 19.9 Å². The number of pyridine rings is 1. The van der Waals surface area contributed by atoms with Gasteiger partial charge in [-0.3, -0.25) is 9.55 Å². The molecule has 31 heavy (non-hydrogen) atoms. The molecule has 1 saturated carbocycles. The summed E-state index contributed by atoms with van der Waals surface area (Å²) in [5.41, 5.74) is 3.24. The second-order valence-electron chi connectivity index (χ2n) is 8.14. The topological polar surface area (TPSA) is 108 Å². The maximum Gasteiger partial charge on any atom is 0.334 e. The molecule has 1 aromatic carbocycles. The maximum atomic E-state index is 13.5. The van der Waals surface area contributed by atoms with Crippen molar-refractivity contribution in [3.63, 3.8) is 0 Å². The van der Waals surface area contributed by atoms with Gasteiger partial charge in [0.1, 0.15) is 5.82 Å².